The Bertz CT molecular complexity index is 490. The van der Waals surface area contributed by atoms with Crippen LogP contribution < -0.4 is 10.1 Å². The molecule has 0 aliphatic rings. The van der Waals surface area contributed by atoms with Crippen LogP contribution in [0.1, 0.15) is 50.9 Å². The first-order valence-corrected chi connectivity index (χ1v) is 7.17. The molecule has 21 heavy (non-hydrogen) atoms. The average molecular weight is 293 g/mol. The van der Waals surface area contributed by atoms with Gasteiger partial charge in [-0.05, 0) is 51.0 Å². The summed E-state index contributed by atoms with van der Waals surface area (Å²) in [4.78, 5) is 23.6. The molecule has 1 rings (SSSR count). The largest absolute Gasteiger partial charge is 0.491 e. The summed E-state index contributed by atoms with van der Waals surface area (Å²) >= 11 is 0. The molecule has 0 radical (unpaired) electrons. The molecule has 2 N–H and O–H groups in total. The third-order valence-electron chi connectivity index (χ3n) is 3.46. The molecule has 0 aliphatic carbocycles. The van der Waals surface area contributed by atoms with Gasteiger partial charge in [0.15, 0.2) is 0 Å². The lowest BCUT2D eigenvalue weighted by Crippen LogP contribution is -2.53. The molecule has 0 bridgehead atoms. The van der Waals surface area contributed by atoms with Crippen LogP contribution in [-0.4, -0.2) is 28.6 Å². The normalized spacial score (nSPS) is 11.3. The second-order valence-electron chi connectivity index (χ2n) is 5.24. The zero-order valence-electron chi connectivity index (χ0n) is 13.0. The Hall–Kier alpha value is -2.04. The van der Waals surface area contributed by atoms with Gasteiger partial charge in [-0.25, -0.2) is 4.79 Å². The van der Waals surface area contributed by atoms with Crippen molar-refractivity contribution in [2.75, 3.05) is 0 Å². The Morgan fingerprint density at radius 2 is 1.71 bits per heavy atom. The Kier molecular flexibility index (Phi) is 5.76. The minimum atomic E-state index is -1.22. The van der Waals surface area contributed by atoms with Gasteiger partial charge in [0.05, 0.1) is 6.10 Å². The third-order valence-corrected chi connectivity index (χ3v) is 3.46. The standard InChI is InChI=1S/C16H23NO4/c1-5-16(6-2,15(19)20)17-14(18)12-7-9-13(10-8-12)21-11(3)4/h7-11H,5-6H2,1-4H3,(H,17,18)(H,19,20). The van der Waals surface area contributed by atoms with E-state index in [1.165, 1.54) is 0 Å². The topological polar surface area (TPSA) is 75.6 Å². The molecule has 0 unspecified atom stereocenters. The van der Waals surface area contributed by atoms with Crippen LogP contribution >= 0.6 is 0 Å². The molecule has 1 aromatic rings. The molecule has 0 saturated heterocycles. The van der Waals surface area contributed by atoms with Crippen molar-refractivity contribution >= 4 is 11.9 Å². The van der Waals surface area contributed by atoms with Crippen molar-refractivity contribution in [3.05, 3.63) is 29.8 Å². The fourth-order valence-corrected chi connectivity index (χ4v) is 2.03. The van der Waals surface area contributed by atoms with Crippen LogP contribution in [-0.2, 0) is 4.79 Å². The predicted octanol–water partition coefficient (Wildman–Crippen LogP) is 2.85. The van der Waals surface area contributed by atoms with E-state index in [1.54, 1.807) is 38.1 Å². The number of aliphatic carboxylic acids is 1. The van der Waals surface area contributed by atoms with Crippen LogP contribution in [0.3, 0.4) is 0 Å². The van der Waals surface area contributed by atoms with Crippen molar-refractivity contribution in [3.63, 3.8) is 0 Å². The number of amides is 1. The predicted molar refractivity (Wildman–Crippen MR) is 80.6 cm³/mol. The highest BCUT2D eigenvalue weighted by atomic mass is 16.5. The Labute approximate surface area is 125 Å². The van der Waals surface area contributed by atoms with E-state index in [1.807, 2.05) is 13.8 Å². The summed E-state index contributed by atoms with van der Waals surface area (Å²) in [5, 5.41) is 12.0. The number of hydrogen-bond donors (Lipinski definition) is 2. The number of rotatable bonds is 7. The van der Waals surface area contributed by atoms with E-state index < -0.39 is 17.4 Å². The minimum absolute atomic E-state index is 0.0597. The number of carboxylic acid groups (broad SMARTS) is 1. The maximum Gasteiger partial charge on any atom is 0.329 e. The van der Waals surface area contributed by atoms with Gasteiger partial charge in [0.2, 0.25) is 0 Å². The molecular formula is C16H23NO4. The summed E-state index contributed by atoms with van der Waals surface area (Å²) in [5.41, 5.74) is -0.803. The quantitative estimate of drug-likeness (QED) is 0.810. The monoisotopic (exact) mass is 293 g/mol. The van der Waals surface area contributed by atoms with E-state index in [2.05, 4.69) is 5.32 Å². The van der Waals surface area contributed by atoms with Crippen molar-refractivity contribution in [2.45, 2.75) is 52.2 Å². The van der Waals surface area contributed by atoms with Gasteiger partial charge in [-0.15, -0.1) is 0 Å². The fourth-order valence-electron chi connectivity index (χ4n) is 2.03. The average Bonchev–Trinajstić information content (AvgIpc) is 2.44. The van der Waals surface area contributed by atoms with Gasteiger partial charge in [-0.1, -0.05) is 13.8 Å². The number of benzene rings is 1. The van der Waals surface area contributed by atoms with Gasteiger partial charge in [-0.2, -0.15) is 0 Å². The first-order chi connectivity index (χ1) is 9.84. The molecule has 0 fully saturated rings. The lowest BCUT2D eigenvalue weighted by Gasteiger charge is -2.28. The molecule has 0 heterocycles. The number of carboxylic acids is 1. The highest BCUT2D eigenvalue weighted by Crippen LogP contribution is 2.18. The van der Waals surface area contributed by atoms with E-state index in [0.29, 0.717) is 24.2 Å². The molecule has 1 aromatic carbocycles. The molecule has 116 valence electrons. The van der Waals surface area contributed by atoms with Gasteiger partial charge in [0.1, 0.15) is 11.3 Å². The number of nitrogens with one attached hydrogen (secondary N) is 1. The van der Waals surface area contributed by atoms with Crippen molar-refractivity contribution < 1.29 is 19.4 Å². The molecule has 0 aliphatic heterocycles. The maximum absolute atomic E-state index is 12.2. The number of hydrogen-bond acceptors (Lipinski definition) is 3. The van der Waals surface area contributed by atoms with E-state index in [9.17, 15) is 14.7 Å². The van der Waals surface area contributed by atoms with Gasteiger partial charge in [0.25, 0.3) is 5.91 Å². The Balaban J connectivity index is 2.86. The second-order valence-corrected chi connectivity index (χ2v) is 5.24. The Morgan fingerprint density at radius 1 is 1.19 bits per heavy atom. The van der Waals surface area contributed by atoms with Crippen molar-refractivity contribution in [2.24, 2.45) is 0 Å². The smallest absolute Gasteiger partial charge is 0.329 e. The van der Waals surface area contributed by atoms with Crippen molar-refractivity contribution in [3.8, 4) is 5.75 Å². The summed E-state index contributed by atoms with van der Waals surface area (Å²) in [6.07, 6.45) is 0.725. The van der Waals surface area contributed by atoms with E-state index in [4.69, 9.17) is 4.74 Å². The summed E-state index contributed by atoms with van der Waals surface area (Å²) in [6, 6.07) is 6.67. The molecule has 5 nitrogen and oxygen atoms in total. The van der Waals surface area contributed by atoms with Crippen LogP contribution in [0.15, 0.2) is 24.3 Å². The molecule has 0 saturated carbocycles. The van der Waals surface area contributed by atoms with Gasteiger partial charge in [-0.3, -0.25) is 4.79 Å². The van der Waals surface area contributed by atoms with E-state index in [0.717, 1.165) is 0 Å². The number of carbonyl (C=O) groups is 2. The lowest BCUT2D eigenvalue weighted by atomic mass is 9.92. The van der Waals surface area contributed by atoms with Crippen molar-refractivity contribution in [1.29, 1.82) is 0 Å². The van der Waals surface area contributed by atoms with E-state index >= 15 is 0 Å². The van der Waals surface area contributed by atoms with E-state index in [-0.39, 0.29) is 6.10 Å². The van der Waals surface area contributed by atoms with Crippen LogP contribution in [0, 0.1) is 0 Å². The first kappa shape index (κ1) is 17.0. The van der Waals surface area contributed by atoms with Gasteiger partial charge < -0.3 is 15.2 Å². The lowest BCUT2D eigenvalue weighted by molar-refractivity contribution is -0.144. The van der Waals surface area contributed by atoms with Gasteiger partial charge >= 0.3 is 5.97 Å². The molecule has 0 atom stereocenters. The summed E-state index contributed by atoms with van der Waals surface area (Å²) in [7, 11) is 0. The maximum atomic E-state index is 12.2. The fraction of sp³-hybridized carbons (Fsp3) is 0.500. The molecule has 1 amide bonds. The zero-order chi connectivity index (χ0) is 16.0. The molecule has 0 spiro atoms. The highest BCUT2D eigenvalue weighted by Gasteiger charge is 2.36. The van der Waals surface area contributed by atoms with Crippen LogP contribution in [0.2, 0.25) is 0 Å². The molecule has 5 heteroatoms. The number of carbonyl (C=O) groups excluding carboxylic acids is 1. The SMILES string of the molecule is CCC(CC)(NC(=O)c1ccc(OC(C)C)cc1)C(=O)O. The van der Waals surface area contributed by atoms with Crippen LogP contribution in [0.4, 0.5) is 0 Å². The number of ether oxygens (including phenoxy) is 1. The van der Waals surface area contributed by atoms with Crippen LogP contribution in [0.5, 0.6) is 5.75 Å². The molecule has 0 aromatic heterocycles. The van der Waals surface area contributed by atoms with Gasteiger partial charge in [0, 0.05) is 5.56 Å². The summed E-state index contributed by atoms with van der Waals surface area (Å²) in [5.74, 6) is -0.727. The first-order valence-electron chi connectivity index (χ1n) is 7.17. The van der Waals surface area contributed by atoms with Crippen molar-refractivity contribution in [1.82, 2.24) is 5.32 Å². The second kappa shape index (κ2) is 7.11. The molecular weight excluding hydrogens is 270 g/mol. The minimum Gasteiger partial charge on any atom is -0.491 e. The third kappa shape index (κ3) is 4.21. The van der Waals surface area contributed by atoms with Crippen LogP contribution in [0.25, 0.3) is 0 Å². The highest BCUT2D eigenvalue weighted by molar-refractivity contribution is 5.97. The summed E-state index contributed by atoms with van der Waals surface area (Å²) in [6.45, 7) is 7.34. The Morgan fingerprint density at radius 3 is 2.10 bits per heavy atom. The zero-order valence-corrected chi connectivity index (χ0v) is 13.0. The summed E-state index contributed by atoms with van der Waals surface area (Å²) < 4.78 is 5.50.